The van der Waals surface area contributed by atoms with E-state index in [2.05, 4.69) is 43.8 Å². The summed E-state index contributed by atoms with van der Waals surface area (Å²) in [6.07, 6.45) is 12.4. The van der Waals surface area contributed by atoms with Crippen LogP contribution in [0.25, 0.3) is 10.9 Å². The van der Waals surface area contributed by atoms with Crippen LogP contribution in [0.5, 0.6) is 0 Å². The molecule has 5 heteroatoms. The van der Waals surface area contributed by atoms with E-state index in [4.69, 9.17) is 0 Å². The van der Waals surface area contributed by atoms with Gasteiger partial charge in [-0.05, 0) is 49.7 Å². The molecule has 1 saturated heterocycles. The number of aryl methyl sites for hydroxylation is 1. The van der Waals surface area contributed by atoms with Crippen LogP contribution in [0.2, 0.25) is 0 Å². The van der Waals surface area contributed by atoms with Crippen LogP contribution in [0.1, 0.15) is 49.4 Å². The molecule has 1 aliphatic heterocycles. The van der Waals surface area contributed by atoms with Crippen LogP contribution in [0, 0.1) is 5.92 Å². The first-order valence-electron chi connectivity index (χ1n) is 10.6. The second kappa shape index (κ2) is 7.46. The summed E-state index contributed by atoms with van der Waals surface area (Å²) in [5.74, 6) is 2.67. The van der Waals surface area contributed by atoms with Gasteiger partial charge in [0.25, 0.3) is 0 Å². The van der Waals surface area contributed by atoms with Gasteiger partial charge in [-0.25, -0.2) is 4.98 Å². The van der Waals surface area contributed by atoms with Gasteiger partial charge in [-0.3, -0.25) is 4.79 Å². The van der Waals surface area contributed by atoms with Gasteiger partial charge in [0.15, 0.2) is 0 Å². The first kappa shape index (κ1) is 17.5. The lowest BCUT2D eigenvalue weighted by Crippen LogP contribution is -2.39. The molecule has 0 bridgehead atoms. The summed E-state index contributed by atoms with van der Waals surface area (Å²) in [5.41, 5.74) is 2.38. The predicted molar refractivity (Wildman–Crippen MR) is 110 cm³/mol. The van der Waals surface area contributed by atoms with E-state index < -0.39 is 0 Å². The van der Waals surface area contributed by atoms with Crippen molar-refractivity contribution in [1.29, 1.82) is 0 Å². The monoisotopic (exact) mass is 376 g/mol. The molecule has 28 heavy (non-hydrogen) atoms. The Morgan fingerprint density at radius 3 is 3.00 bits per heavy atom. The Morgan fingerprint density at radius 2 is 2.11 bits per heavy atom. The molecule has 2 aliphatic rings. The van der Waals surface area contributed by atoms with E-state index in [1.54, 1.807) is 0 Å². The number of para-hydroxylation sites is 1. The van der Waals surface area contributed by atoms with Crippen molar-refractivity contribution in [2.75, 3.05) is 13.1 Å². The number of aromatic amines is 1. The number of piperidine rings is 1. The van der Waals surface area contributed by atoms with Crippen LogP contribution in [-0.4, -0.2) is 38.4 Å². The predicted octanol–water partition coefficient (Wildman–Crippen LogP) is 4.11. The minimum atomic E-state index is 0.273. The Kier molecular flexibility index (Phi) is 4.67. The number of hydrogen-bond acceptors (Lipinski definition) is 2. The highest BCUT2D eigenvalue weighted by Crippen LogP contribution is 2.33. The van der Waals surface area contributed by atoms with Gasteiger partial charge < -0.3 is 14.5 Å². The van der Waals surface area contributed by atoms with E-state index in [-0.39, 0.29) is 5.91 Å². The zero-order valence-corrected chi connectivity index (χ0v) is 16.3. The lowest BCUT2D eigenvalue weighted by atomic mass is 9.96. The number of rotatable bonds is 6. The van der Waals surface area contributed by atoms with Crippen molar-refractivity contribution in [3.63, 3.8) is 0 Å². The molecule has 0 radical (unpaired) electrons. The molecule has 5 rings (SSSR count). The lowest BCUT2D eigenvalue weighted by molar-refractivity contribution is -0.132. The number of hydrogen-bond donors (Lipinski definition) is 1. The third kappa shape index (κ3) is 3.58. The quantitative estimate of drug-likeness (QED) is 0.704. The van der Waals surface area contributed by atoms with Crippen LogP contribution in [0.3, 0.4) is 0 Å². The molecular formula is C23H28N4O. The van der Waals surface area contributed by atoms with Crippen LogP contribution in [-0.2, 0) is 17.8 Å². The Bertz CT molecular complexity index is 968. The van der Waals surface area contributed by atoms with Crippen molar-refractivity contribution >= 4 is 16.8 Å². The zero-order chi connectivity index (χ0) is 18.9. The van der Waals surface area contributed by atoms with Crippen molar-refractivity contribution in [3.05, 3.63) is 54.2 Å². The van der Waals surface area contributed by atoms with Crippen LogP contribution in [0.15, 0.2) is 42.9 Å². The van der Waals surface area contributed by atoms with Gasteiger partial charge in [-0.2, -0.15) is 0 Å². The first-order valence-corrected chi connectivity index (χ1v) is 10.6. The Balaban J connectivity index is 1.22. The number of carbonyl (C=O) groups excluding carboxylic acids is 1. The summed E-state index contributed by atoms with van der Waals surface area (Å²) in [5, 5.41) is 1.23. The Hall–Kier alpha value is -2.56. The minimum absolute atomic E-state index is 0.273. The summed E-state index contributed by atoms with van der Waals surface area (Å²) < 4.78 is 2.34. The van der Waals surface area contributed by atoms with E-state index >= 15 is 0 Å². The number of amides is 1. The highest BCUT2D eigenvalue weighted by atomic mass is 16.2. The summed E-state index contributed by atoms with van der Waals surface area (Å²) >= 11 is 0. The number of nitrogens with one attached hydrogen (secondary N) is 1. The Labute approximate surface area is 165 Å². The van der Waals surface area contributed by atoms with E-state index in [1.165, 1.54) is 29.6 Å². The molecule has 2 fully saturated rings. The van der Waals surface area contributed by atoms with Gasteiger partial charge >= 0.3 is 0 Å². The fraction of sp³-hybridized carbons (Fsp3) is 0.478. The van der Waals surface area contributed by atoms with Crippen LogP contribution in [0.4, 0.5) is 0 Å². The number of imidazole rings is 1. The summed E-state index contributed by atoms with van der Waals surface area (Å²) in [6, 6.07) is 8.30. The van der Waals surface area contributed by atoms with Gasteiger partial charge in [0.1, 0.15) is 5.82 Å². The van der Waals surface area contributed by atoms with E-state index in [0.717, 1.165) is 50.3 Å². The summed E-state index contributed by atoms with van der Waals surface area (Å²) in [6.45, 7) is 2.79. The first-order chi connectivity index (χ1) is 13.8. The third-order valence-corrected chi connectivity index (χ3v) is 6.32. The highest BCUT2D eigenvalue weighted by Gasteiger charge is 2.29. The van der Waals surface area contributed by atoms with E-state index in [0.29, 0.717) is 12.3 Å². The fourth-order valence-corrected chi connectivity index (χ4v) is 4.57. The second-order valence-corrected chi connectivity index (χ2v) is 8.42. The number of benzene rings is 1. The Morgan fingerprint density at radius 1 is 1.21 bits per heavy atom. The molecule has 1 saturated carbocycles. The highest BCUT2D eigenvalue weighted by molar-refractivity contribution is 5.84. The molecule has 0 unspecified atom stereocenters. The van der Waals surface area contributed by atoms with Gasteiger partial charge in [0.2, 0.25) is 5.91 Å². The molecule has 3 aromatic rings. The maximum absolute atomic E-state index is 12.9. The van der Waals surface area contributed by atoms with Crippen LogP contribution < -0.4 is 0 Å². The van der Waals surface area contributed by atoms with Gasteiger partial charge in [0.05, 0.1) is 0 Å². The normalized spacial score (nSPS) is 20.0. The molecule has 2 aromatic heterocycles. The number of likely N-dealkylation sites (tertiary alicyclic amines) is 1. The van der Waals surface area contributed by atoms with Crippen molar-refractivity contribution in [1.82, 2.24) is 19.4 Å². The van der Waals surface area contributed by atoms with Gasteiger partial charge in [-0.15, -0.1) is 0 Å². The lowest BCUT2D eigenvalue weighted by Gasteiger charge is -2.33. The molecule has 3 heterocycles. The molecule has 1 aromatic carbocycles. The zero-order valence-electron chi connectivity index (χ0n) is 16.3. The smallest absolute Gasteiger partial charge is 0.222 e. The van der Waals surface area contributed by atoms with Crippen molar-refractivity contribution in [2.45, 2.75) is 51.0 Å². The maximum atomic E-state index is 12.9. The SMILES string of the molecule is O=C(CCc1c[nH]c2ccccc12)N1CCC[C@@H](c2nccn2CC2CC2)C1. The van der Waals surface area contributed by atoms with Crippen LogP contribution >= 0.6 is 0 Å². The molecule has 1 amide bonds. The maximum Gasteiger partial charge on any atom is 0.222 e. The molecule has 5 nitrogen and oxygen atoms in total. The van der Waals surface area contributed by atoms with Crippen molar-refractivity contribution in [3.8, 4) is 0 Å². The molecule has 1 N–H and O–H groups in total. The fourth-order valence-electron chi connectivity index (χ4n) is 4.57. The second-order valence-electron chi connectivity index (χ2n) is 8.42. The molecule has 0 spiro atoms. The summed E-state index contributed by atoms with van der Waals surface area (Å²) in [4.78, 5) is 22.9. The molecule has 1 atom stereocenters. The average molecular weight is 377 g/mol. The number of carbonyl (C=O) groups is 1. The standard InChI is InChI=1S/C23H28N4O/c28-22(10-9-18-14-25-21-6-2-1-5-20(18)21)26-12-3-4-19(16-26)23-24-11-13-27(23)15-17-7-8-17/h1-2,5-6,11,13-14,17,19,25H,3-4,7-10,12,15-16H2/t19-/m1/s1. The van der Waals surface area contributed by atoms with Crippen molar-refractivity contribution < 1.29 is 4.79 Å². The van der Waals surface area contributed by atoms with E-state index in [1.807, 2.05) is 18.5 Å². The number of nitrogens with zero attached hydrogens (tertiary/aromatic N) is 3. The minimum Gasteiger partial charge on any atom is -0.361 e. The molecule has 1 aliphatic carbocycles. The molecular weight excluding hydrogens is 348 g/mol. The third-order valence-electron chi connectivity index (χ3n) is 6.32. The summed E-state index contributed by atoms with van der Waals surface area (Å²) in [7, 11) is 0. The number of aromatic nitrogens is 3. The van der Waals surface area contributed by atoms with E-state index in [9.17, 15) is 4.79 Å². The average Bonchev–Trinajstić information content (AvgIpc) is 3.26. The molecule has 146 valence electrons. The topological polar surface area (TPSA) is 53.9 Å². The number of fused-ring (bicyclic) bond motifs is 1. The van der Waals surface area contributed by atoms with Gasteiger partial charge in [0, 0.05) is 61.5 Å². The van der Waals surface area contributed by atoms with Crippen molar-refractivity contribution in [2.24, 2.45) is 5.92 Å². The largest absolute Gasteiger partial charge is 0.361 e. The van der Waals surface area contributed by atoms with Gasteiger partial charge in [-0.1, -0.05) is 18.2 Å². The number of H-pyrrole nitrogens is 1.